The summed E-state index contributed by atoms with van der Waals surface area (Å²) >= 11 is 0. The highest BCUT2D eigenvalue weighted by atomic mass is 16.1. The SMILES string of the molecule is Cc1nn(-c2ccccc2)c(-n2nnc3ccccc32)c1C=O. The van der Waals surface area contributed by atoms with Crippen molar-refractivity contribution in [2.24, 2.45) is 0 Å². The van der Waals surface area contributed by atoms with Gasteiger partial charge in [-0.25, -0.2) is 4.68 Å². The molecule has 0 fully saturated rings. The maximum atomic E-state index is 11.6. The van der Waals surface area contributed by atoms with Crippen LogP contribution in [-0.4, -0.2) is 31.1 Å². The lowest BCUT2D eigenvalue weighted by Gasteiger charge is -2.08. The molecule has 2 aromatic heterocycles. The number of aromatic nitrogens is 5. The van der Waals surface area contributed by atoms with Crippen molar-refractivity contribution in [1.82, 2.24) is 24.8 Å². The number of benzene rings is 2. The first-order valence-electron chi connectivity index (χ1n) is 7.20. The minimum absolute atomic E-state index is 0.504. The van der Waals surface area contributed by atoms with Crippen molar-refractivity contribution in [2.45, 2.75) is 6.92 Å². The van der Waals surface area contributed by atoms with Gasteiger partial charge >= 0.3 is 0 Å². The number of para-hydroxylation sites is 2. The Morgan fingerprint density at radius 1 is 0.957 bits per heavy atom. The Kier molecular flexibility index (Phi) is 3.01. The lowest BCUT2D eigenvalue weighted by molar-refractivity contribution is 0.112. The molecule has 0 saturated heterocycles. The molecule has 0 aliphatic heterocycles. The molecule has 2 heterocycles. The van der Waals surface area contributed by atoms with Crippen molar-refractivity contribution in [3.8, 4) is 11.5 Å². The zero-order chi connectivity index (χ0) is 15.8. The van der Waals surface area contributed by atoms with E-state index < -0.39 is 0 Å². The summed E-state index contributed by atoms with van der Waals surface area (Å²) in [6, 6.07) is 17.3. The van der Waals surface area contributed by atoms with Crippen LogP contribution in [0.4, 0.5) is 0 Å². The second-order valence-electron chi connectivity index (χ2n) is 5.18. The largest absolute Gasteiger partial charge is 0.298 e. The van der Waals surface area contributed by atoms with Crippen LogP contribution >= 0.6 is 0 Å². The molecular weight excluding hydrogens is 290 g/mol. The number of carbonyl (C=O) groups excluding carboxylic acids is 1. The summed E-state index contributed by atoms with van der Waals surface area (Å²) in [6.45, 7) is 1.81. The molecule has 0 aliphatic carbocycles. The van der Waals surface area contributed by atoms with E-state index in [2.05, 4.69) is 15.4 Å². The Labute approximate surface area is 132 Å². The number of hydrogen-bond acceptors (Lipinski definition) is 4. The predicted molar refractivity (Wildman–Crippen MR) is 86.1 cm³/mol. The van der Waals surface area contributed by atoms with Crippen molar-refractivity contribution >= 4 is 17.3 Å². The van der Waals surface area contributed by atoms with Gasteiger partial charge in [0, 0.05) is 0 Å². The maximum absolute atomic E-state index is 11.6. The Morgan fingerprint density at radius 2 is 1.70 bits per heavy atom. The number of fused-ring (bicyclic) bond motifs is 1. The third-order valence-corrected chi connectivity index (χ3v) is 3.75. The molecule has 4 rings (SSSR count). The fraction of sp³-hybridized carbons (Fsp3) is 0.0588. The molecule has 0 amide bonds. The van der Waals surface area contributed by atoms with Crippen LogP contribution in [0.25, 0.3) is 22.5 Å². The second-order valence-corrected chi connectivity index (χ2v) is 5.18. The second kappa shape index (κ2) is 5.17. The highest BCUT2D eigenvalue weighted by Gasteiger charge is 2.20. The number of aryl methyl sites for hydroxylation is 1. The monoisotopic (exact) mass is 303 g/mol. The number of carbonyl (C=O) groups is 1. The van der Waals surface area contributed by atoms with Crippen LogP contribution in [0.2, 0.25) is 0 Å². The summed E-state index contributed by atoms with van der Waals surface area (Å²) in [6.07, 6.45) is 0.813. The summed E-state index contributed by atoms with van der Waals surface area (Å²) in [5, 5.41) is 12.9. The third-order valence-electron chi connectivity index (χ3n) is 3.75. The third kappa shape index (κ3) is 2.03. The van der Waals surface area contributed by atoms with Crippen molar-refractivity contribution in [2.75, 3.05) is 0 Å². The Balaban J connectivity index is 2.06. The van der Waals surface area contributed by atoms with Gasteiger partial charge in [0.1, 0.15) is 5.52 Å². The molecule has 0 aliphatic rings. The standard InChI is InChI=1S/C17H13N5O/c1-12-14(11-23)17(21(19-12)13-7-3-2-4-8-13)22-16-10-6-5-9-15(16)18-20-22/h2-11H,1H3. The van der Waals surface area contributed by atoms with Gasteiger partial charge in [0.25, 0.3) is 0 Å². The molecule has 0 radical (unpaired) electrons. The van der Waals surface area contributed by atoms with Crippen molar-refractivity contribution in [3.05, 3.63) is 65.9 Å². The first-order valence-corrected chi connectivity index (χ1v) is 7.20. The van der Waals surface area contributed by atoms with Gasteiger partial charge in [-0.1, -0.05) is 35.5 Å². The van der Waals surface area contributed by atoms with Crippen molar-refractivity contribution in [3.63, 3.8) is 0 Å². The average molecular weight is 303 g/mol. The van der Waals surface area contributed by atoms with Crippen LogP contribution in [0.15, 0.2) is 54.6 Å². The average Bonchev–Trinajstić information content (AvgIpc) is 3.16. The molecule has 0 bridgehead atoms. The highest BCUT2D eigenvalue weighted by molar-refractivity contribution is 5.84. The molecule has 2 aromatic carbocycles. The fourth-order valence-electron chi connectivity index (χ4n) is 2.64. The summed E-state index contributed by atoms with van der Waals surface area (Å²) in [7, 11) is 0. The van der Waals surface area contributed by atoms with Gasteiger partial charge in [0.15, 0.2) is 12.1 Å². The van der Waals surface area contributed by atoms with Crippen LogP contribution in [0, 0.1) is 6.92 Å². The maximum Gasteiger partial charge on any atom is 0.170 e. The van der Waals surface area contributed by atoms with Gasteiger partial charge < -0.3 is 0 Å². The minimum atomic E-state index is 0.504. The van der Waals surface area contributed by atoms with E-state index in [-0.39, 0.29) is 0 Å². The molecule has 0 spiro atoms. The topological polar surface area (TPSA) is 65.6 Å². The summed E-state index contributed by atoms with van der Waals surface area (Å²) in [5.41, 5.74) is 3.61. The Bertz CT molecular complexity index is 1000. The van der Waals surface area contributed by atoms with E-state index in [0.717, 1.165) is 23.0 Å². The summed E-state index contributed by atoms with van der Waals surface area (Å²) in [5.74, 6) is 0.595. The van der Waals surface area contributed by atoms with E-state index in [4.69, 9.17) is 0 Å². The lowest BCUT2D eigenvalue weighted by atomic mass is 10.2. The van der Waals surface area contributed by atoms with Gasteiger partial charge in [-0.2, -0.15) is 9.78 Å². The Hall–Kier alpha value is -3.28. The number of nitrogens with zero attached hydrogens (tertiary/aromatic N) is 5. The van der Waals surface area contributed by atoms with E-state index in [1.807, 2.05) is 61.5 Å². The smallest absolute Gasteiger partial charge is 0.170 e. The molecule has 0 N–H and O–H groups in total. The summed E-state index contributed by atoms with van der Waals surface area (Å²) < 4.78 is 3.38. The molecule has 0 unspecified atom stereocenters. The van der Waals surface area contributed by atoms with E-state index in [0.29, 0.717) is 17.1 Å². The van der Waals surface area contributed by atoms with Gasteiger partial charge in [-0.05, 0) is 31.2 Å². The number of hydrogen-bond donors (Lipinski definition) is 0. The van der Waals surface area contributed by atoms with E-state index in [1.165, 1.54) is 0 Å². The Morgan fingerprint density at radius 3 is 2.48 bits per heavy atom. The van der Waals surface area contributed by atoms with Gasteiger partial charge in [-0.3, -0.25) is 4.79 Å². The normalized spacial score (nSPS) is 11.0. The summed E-state index contributed by atoms with van der Waals surface area (Å²) in [4.78, 5) is 11.6. The van der Waals surface area contributed by atoms with Crippen molar-refractivity contribution < 1.29 is 4.79 Å². The van der Waals surface area contributed by atoms with Gasteiger partial charge in [0.2, 0.25) is 0 Å². The molecule has 6 heteroatoms. The molecule has 112 valence electrons. The molecule has 0 saturated carbocycles. The first kappa shape index (κ1) is 13.4. The molecule has 0 atom stereocenters. The van der Waals surface area contributed by atoms with Gasteiger partial charge in [0.05, 0.1) is 22.5 Å². The number of aldehydes is 1. The lowest BCUT2D eigenvalue weighted by Crippen LogP contribution is -2.08. The van der Waals surface area contributed by atoms with E-state index in [9.17, 15) is 4.79 Å². The zero-order valence-electron chi connectivity index (χ0n) is 12.4. The fourth-order valence-corrected chi connectivity index (χ4v) is 2.64. The van der Waals surface area contributed by atoms with Crippen LogP contribution < -0.4 is 0 Å². The quantitative estimate of drug-likeness (QED) is 0.546. The van der Waals surface area contributed by atoms with Crippen LogP contribution in [-0.2, 0) is 0 Å². The van der Waals surface area contributed by atoms with E-state index in [1.54, 1.807) is 9.36 Å². The molecular formula is C17H13N5O. The molecule has 6 nitrogen and oxygen atoms in total. The molecule has 23 heavy (non-hydrogen) atoms. The first-order chi connectivity index (χ1) is 11.3. The van der Waals surface area contributed by atoms with Crippen LogP contribution in [0.3, 0.4) is 0 Å². The predicted octanol–water partition coefficient (Wildman–Crippen LogP) is 2.73. The van der Waals surface area contributed by atoms with Crippen LogP contribution in [0.5, 0.6) is 0 Å². The minimum Gasteiger partial charge on any atom is -0.298 e. The van der Waals surface area contributed by atoms with Crippen LogP contribution in [0.1, 0.15) is 16.1 Å². The van der Waals surface area contributed by atoms with E-state index >= 15 is 0 Å². The zero-order valence-corrected chi connectivity index (χ0v) is 12.4. The number of rotatable bonds is 3. The molecule has 4 aromatic rings. The van der Waals surface area contributed by atoms with Crippen molar-refractivity contribution in [1.29, 1.82) is 0 Å². The highest BCUT2D eigenvalue weighted by Crippen LogP contribution is 2.23. The van der Waals surface area contributed by atoms with Gasteiger partial charge in [-0.15, -0.1) is 5.10 Å².